The molecule has 0 spiro atoms. The van der Waals surface area contributed by atoms with Gasteiger partial charge in [0.15, 0.2) is 5.82 Å². The fraction of sp³-hybridized carbons (Fsp3) is 0.278. The molecule has 0 atom stereocenters. The zero-order valence-corrected chi connectivity index (χ0v) is 16.7. The number of rotatable bonds is 6. The van der Waals surface area contributed by atoms with Crippen LogP contribution in [0.2, 0.25) is 0 Å². The Balaban J connectivity index is 2.47. The first-order valence-electron chi connectivity index (χ1n) is 8.46. The highest BCUT2D eigenvalue weighted by Crippen LogP contribution is 2.33. The molecule has 0 aliphatic rings. The van der Waals surface area contributed by atoms with E-state index in [-0.39, 0.29) is 22.6 Å². The van der Waals surface area contributed by atoms with E-state index in [4.69, 9.17) is 4.74 Å². The number of benzene rings is 1. The van der Waals surface area contributed by atoms with Crippen molar-refractivity contribution in [2.24, 2.45) is 0 Å². The summed E-state index contributed by atoms with van der Waals surface area (Å²) in [5.41, 5.74) is 1.04. The summed E-state index contributed by atoms with van der Waals surface area (Å²) < 4.78 is 33.7. The second kappa shape index (κ2) is 7.21. The van der Waals surface area contributed by atoms with Crippen LogP contribution in [0.1, 0.15) is 22.8 Å². The normalized spacial score (nSPS) is 11.9. The van der Waals surface area contributed by atoms with Gasteiger partial charge < -0.3 is 9.84 Å². The molecule has 0 radical (unpaired) electrons. The van der Waals surface area contributed by atoms with Crippen molar-refractivity contribution in [3.05, 3.63) is 41.6 Å². The molecule has 2 aromatic heterocycles. The number of pyridine rings is 1. The number of carbonyl (C=O) groups is 1. The van der Waals surface area contributed by atoms with Crippen molar-refractivity contribution in [3.8, 4) is 17.3 Å². The molecule has 3 aromatic rings. The monoisotopic (exact) mass is 404 g/mol. The predicted molar refractivity (Wildman–Crippen MR) is 104 cm³/mol. The van der Waals surface area contributed by atoms with Crippen LogP contribution in [-0.4, -0.2) is 58.4 Å². The minimum absolute atomic E-state index is 0.0397. The van der Waals surface area contributed by atoms with E-state index in [9.17, 15) is 18.3 Å². The second-order valence-corrected chi connectivity index (χ2v) is 8.25. The summed E-state index contributed by atoms with van der Waals surface area (Å²) in [6.45, 7) is 3.87. The number of carboxylic acid groups (broad SMARTS) is 1. The molecule has 1 aromatic carbocycles. The van der Waals surface area contributed by atoms with E-state index in [1.807, 2.05) is 0 Å². The van der Waals surface area contributed by atoms with Gasteiger partial charge in [0.1, 0.15) is 17.0 Å². The molecule has 3 rings (SSSR count). The van der Waals surface area contributed by atoms with E-state index in [0.717, 1.165) is 8.28 Å². The van der Waals surface area contributed by atoms with Crippen LogP contribution >= 0.6 is 0 Å². The number of nitrogens with zero attached hydrogens (tertiary/aromatic N) is 4. The number of ether oxygens (including phenoxy) is 1. The Labute approximate surface area is 162 Å². The van der Waals surface area contributed by atoms with Crippen molar-refractivity contribution in [2.45, 2.75) is 13.8 Å². The van der Waals surface area contributed by atoms with Gasteiger partial charge >= 0.3 is 16.2 Å². The van der Waals surface area contributed by atoms with Crippen molar-refractivity contribution >= 4 is 27.2 Å². The molecule has 0 amide bonds. The van der Waals surface area contributed by atoms with E-state index < -0.39 is 16.2 Å². The Morgan fingerprint density at radius 3 is 2.64 bits per heavy atom. The molecule has 0 unspecified atom stereocenters. The predicted octanol–water partition coefficient (Wildman–Crippen LogP) is 2.16. The molecule has 0 fully saturated rings. The number of para-hydroxylation sites is 1. The number of hydrogen-bond acceptors (Lipinski definition) is 6. The van der Waals surface area contributed by atoms with Gasteiger partial charge in [0.05, 0.1) is 17.7 Å². The Hall–Kier alpha value is -2.98. The molecular formula is C18H20N4O5S. The van der Waals surface area contributed by atoms with Gasteiger partial charge in [-0.15, -0.1) is 0 Å². The average molecular weight is 404 g/mol. The van der Waals surface area contributed by atoms with Gasteiger partial charge in [0, 0.05) is 20.3 Å². The molecule has 0 saturated carbocycles. The molecule has 0 aliphatic carbocycles. The number of fused-ring (bicyclic) bond motifs is 1. The fourth-order valence-corrected chi connectivity index (χ4v) is 3.85. The third kappa shape index (κ3) is 3.20. The van der Waals surface area contributed by atoms with Gasteiger partial charge in [0.2, 0.25) is 0 Å². The smallest absolute Gasteiger partial charge is 0.338 e. The summed E-state index contributed by atoms with van der Waals surface area (Å²) >= 11 is 0. The zero-order chi connectivity index (χ0) is 20.6. The molecule has 9 nitrogen and oxygen atoms in total. The van der Waals surface area contributed by atoms with Gasteiger partial charge in [-0.25, -0.2) is 13.8 Å². The zero-order valence-electron chi connectivity index (χ0n) is 15.9. The standard InChI is InChI=1S/C18H20N4O5S/c1-5-27-14-8-6-7-13-16(14)20-17(22(13)28(25,26)21(3)4)15-12(18(23)24)9-11(2)10-19-15/h6-10H,5H2,1-4H3,(H,23,24). The van der Waals surface area contributed by atoms with E-state index in [2.05, 4.69) is 9.97 Å². The molecule has 1 N–H and O–H groups in total. The largest absolute Gasteiger partial charge is 0.492 e. The second-order valence-electron chi connectivity index (χ2n) is 6.26. The molecule has 0 bridgehead atoms. The molecule has 148 valence electrons. The first-order chi connectivity index (χ1) is 13.2. The summed E-state index contributed by atoms with van der Waals surface area (Å²) in [7, 11) is -1.25. The number of aromatic nitrogens is 3. The first kappa shape index (κ1) is 19.8. The van der Waals surface area contributed by atoms with Crippen LogP contribution in [0.3, 0.4) is 0 Å². The molecule has 0 aliphatic heterocycles. The minimum Gasteiger partial charge on any atom is -0.492 e. The van der Waals surface area contributed by atoms with Crippen LogP contribution < -0.4 is 4.74 Å². The van der Waals surface area contributed by atoms with Gasteiger partial charge in [-0.1, -0.05) is 6.07 Å². The molecule has 28 heavy (non-hydrogen) atoms. The van der Waals surface area contributed by atoms with Crippen LogP contribution in [0.5, 0.6) is 5.75 Å². The van der Waals surface area contributed by atoms with Gasteiger partial charge in [0.25, 0.3) is 0 Å². The van der Waals surface area contributed by atoms with Crippen LogP contribution in [0.15, 0.2) is 30.5 Å². The number of hydrogen-bond donors (Lipinski definition) is 1. The molecular weight excluding hydrogens is 384 g/mol. The molecule has 0 saturated heterocycles. The maximum atomic E-state index is 13.1. The first-order valence-corrected chi connectivity index (χ1v) is 9.85. The summed E-state index contributed by atoms with van der Waals surface area (Å²) in [4.78, 5) is 20.4. The van der Waals surface area contributed by atoms with Crippen LogP contribution in [0, 0.1) is 6.92 Å². The van der Waals surface area contributed by atoms with E-state index in [1.165, 1.54) is 26.4 Å². The fourth-order valence-electron chi connectivity index (χ4n) is 2.78. The highest BCUT2D eigenvalue weighted by Gasteiger charge is 2.29. The highest BCUT2D eigenvalue weighted by molar-refractivity contribution is 7.87. The summed E-state index contributed by atoms with van der Waals surface area (Å²) in [5, 5.41) is 9.61. The lowest BCUT2D eigenvalue weighted by Gasteiger charge is -2.16. The van der Waals surface area contributed by atoms with Crippen molar-refractivity contribution in [3.63, 3.8) is 0 Å². The Kier molecular flexibility index (Phi) is 5.09. The van der Waals surface area contributed by atoms with Gasteiger partial charge in [-0.2, -0.15) is 12.7 Å². The Morgan fingerprint density at radius 2 is 2.04 bits per heavy atom. The lowest BCUT2D eigenvalue weighted by Crippen LogP contribution is -2.29. The maximum absolute atomic E-state index is 13.1. The van der Waals surface area contributed by atoms with Gasteiger partial charge in [-0.05, 0) is 37.6 Å². The number of imidazole rings is 1. The van der Waals surface area contributed by atoms with E-state index in [0.29, 0.717) is 23.4 Å². The minimum atomic E-state index is -4.02. The summed E-state index contributed by atoms with van der Waals surface area (Å²) in [5.74, 6) is -0.914. The highest BCUT2D eigenvalue weighted by atomic mass is 32.2. The topological polar surface area (TPSA) is 115 Å². The number of carboxylic acids is 1. The van der Waals surface area contributed by atoms with Crippen molar-refractivity contribution < 1.29 is 23.1 Å². The van der Waals surface area contributed by atoms with Gasteiger partial charge in [-0.3, -0.25) is 4.98 Å². The molecule has 2 heterocycles. The SMILES string of the molecule is CCOc1cccc2c1nc(-c1ncc(C)cc1C(=O)O)n2S(=O)(=O)N(C)C. The third-order valence-electron chi connectivity index (χ3n) is 4.07. The molecule has 10 heteroatoms. The van der Waals surface area contributed by atoms with Crippen LogP contribution in [0.25, 0.3) is 22.6 Å². The third-order valence-corrected chi connectivity index (χ3v) is 5.82. The average Bonchev–Trinajstić information content (AvgIpc) is 3.02. The maximum Gasteiger partial charge on any atom is 0.338 e. The van der Waals surface area contributed by atoms with Crippen LogP contribution in [-0.2, 0) is 10.2 Å². The van der Waals surface area contributed by atoms with Crippen molar-refractivity contribution in [2.75, 3.05) is 20.7 Å². The summed E-state index contributed by atoms with van der Waals surface area (Å²) in [6.07, 6.45) is 1.47. The Morgan fingerprint density at radius 1 is 1.32 bits per heavy atom. The van der Waals surface area contributed by atoms with Crippen molar-refractivity contribution in [1.29, 1.82) is 0 Å². The number of aryl methyl sites for hydroxylation is 1. The number of aromatic carboxylic acids is 1. The lowest BCUT2D eigenvalue weighted by molar-refractivity contribution is 0.0697. The van der Waals surface area contributed by atoms with Crippen LogP contribution in [0.4, 0.5) is 0 Å². The lowest BCUT2D eigenvalue weighted by atomic mass is 10.1. The van der Waals surface area contributed by atoms with E-state index in [1.54, 1.807) is 32.0 Å². The quantitative estimate of drug-likeness (QED) is 0.669. The summed E-state index contributed by atoms with van der Waals surface area (Å²) in [6, 6.07) is 6.35. The van der Waals surface area contributed by atoms with E-state index >= 15 is 0 Å². The van der Waals surface area contributed by atoms with Crippen molar-refractivity contribution in [1.82, 2.24) is 18.2 Å². The Bertz CT molecular complexity index is 1170.